The number of Topliss-reactive ketones (excluding diaryl/α,β-unsaturated/α-hetero) is 1. The van der Waals surface area contributed by atoms with E-state index in [-0.39, 0.29) is 6.42 Å². The molecule has 14 heavy (non-hydrogen) atoms. The van der Waals surface area contributed by atoms with Crippen LogP contribution < -0.4 is 0 Å². The molecule has 1 aliphatic rings. The van der Waals surface area contributed by atoms with Crippen LogP contribution in [0.25, 0.3) is 6.08 Å². The summed E-state index contributed by atoms with van der Waals surface area (Å²) in [6, 6.07) is 5.14. The fourth-order valence-corrected chi connectivity index (χ4v) is 1.65. The topological polar surface area (TPSA) is 57.5 Å². The van der Waals surface area contributed by atoms with E-state index in [1.54, 1.807) is 24.3 Å². The zero-order chi connectivity index (χ0) is 10.3. The largest absolute Gasteiger partial charge is 0.359 e. The summed E-state index contributed by atoms with van der Waals surface area (Å²) >= 11 is 0. The summed E-state index contributed by atoms with van der Waals surface area (Å²) in [5.41, 5.74) is 1.85. The van der Waals surface area contributed by atoms with Crippen molar-refractivity contribution in [1.29, 1.82) is 0 Å². The highest BCUT2D eigenvalue weighted by Crippen LogP contribution is 2.29. The molecule has 2 N–H and O–H groups in total. The van der Waals surface area contributed by atoms with E-state index >= 15 is 0 Å². The molecule has 3 heteroatoms. The molecule has 1 aliphatic carbocycles. The lowest BCUT2D eigenvalue weighted by atomic mass is 10.1. The molecule has 0 aromatic heterocycles. The Hall–Kier alpha value is -1.45. The summed E-state index contributed by atoms with van der Waals surface area (Å²) in [6.45, 7) is 3.58. The average Bonchev–Trinajstić information content (AvgIpc) is 2.38. The SMILES string of the molecule is C=Cc1ccc2c(c1)C(=O)C(O)(O)C2. The molecule has 0 radical (unpaired) electrons. The number of carbonyl (C=O) groups excluding carboxylic acids is 1. The van der Waals surface area contributed by atoms with Gasteiger partial charge in [0, 0.05) is 12.0 Å². The fourth-order valence-electron chi connectivity index (χ4n) is 1.65. The molecule has 0 bridgehead atoms. The Bertz CT molecular complexity index is 419. The van der Waals surface area contributed by atoms with E-state index in [9.17, 15) is 15.0 Å². The van der Waals surface area contributed by atoms with Crippen molar-refractivity contribution in [2.24, 2.45) is 0 Å². The van der Waals surface area contributed by atoms with Crippen LogP contribution in [-0.2, 0) is 6.42 Å². The van der Waals surface area contributed by atoms with Crippen molar-refractivity contribution in [3.63, 3.8) is 0 Å². The van der Waals surface area contributed by atoms with E-state index in [0.29, 0.717) is 11.1 Å². The Morgan fingerprint density at radius 2 is 2.14 bits per heavy atom. The molecule has 0 fully saturated rings. The molecule has 0 atom stereocenters. The fraction of sp³-hybridized carbons (Fsp3) is 0.182. The molecule has 0 spiro atoms. The lowest BCUT2D eigenvalue weighted by Gasteiger charge is -2.10. The summed E-state index contributed by atoms with van der Waals surface area (Å²) in [5.74, 6) is -2.85. The molecule has 72 valence electrons. The zero-order valence-corrected chi connectivity index (χ0v) is 7.53. The van der Waals surface area contributed by atoms with Crippen molar-refractivity contribution in [3.05, 3.63) is 41.5 Å². The van der Waals surface area contributed by atoms with Crippen LogP contribution >= 0.6 is 0 Å². The second kappa shape index (κ2) is 2.77. The minimum absolute atomic E-state index is 0.0292. The molecule has 0 amide bonds. The van der Waals surface area contributed by atoms with Crippen LogP contribution in [0.1, 0.15) is 21.5 Å². The van der Waals surface area contributed by atoms with Crippen molar-refractivity contribution in [2.45, 2.75) is 12.2 Å². The van der Waals surface area contributed by atoms with Gasteiger partial charge in [-0.25, -0.2) is 0 Å². The molecule has 2 rings (SSSR count). The van der Waals surface area contributed by atoms with Crippen LogP contribution in [0.4, 0.5) is 0 Å². The molecule has 0 unspecified atom stereocenters. The number of hydrogen-bond donors (Lipinski definition) is 2. The van der Waals surface area contributed by atoms with Gasteiger partial charge in [-0.05, 0) is 17.2 Å². The molecule has 1 aromatic rings. The minimum atomic E-state index is -2.22. The van der Waals surface area contributed by atoms with Crippen molar-refractivity contribution in [3.8, 4) is 0 Å². The van der Waals surface area contributed by atoms with Gasteiger partial charge in [0.25, 0.3) is 0 Å². The molecule has 0 heterocycles. The number of hydrogen-bond acceptors (Lipinski definition) is 3. The van der Waals surface area contributed by atoms with Crippen LogP contribution in [0.5, 0.6) is 0 Å². The number of benzene rings is 1. The predicted molar refractivity (Wildman–Crippen MR) is 51.7 cm³/mol. The summed E-state index contributed by atoms with van der Waals surface area (Å²) in [5, 5.41) is 18.7. The molecular weight excluding hydrogens is 180 g/mol. The normalized spacial score (nSPS) is 18.0. The molecule has 0 saturated heterocycles. The van der Waals surface area contributed by atoms with Gasteiger partial charge in [-0.3, -0.25) is 4.79 Å². The smallest absolute Gasteiger partial charge is 0.232 e. The number of fused-ring (bicyclic) bond motifs is 1. The van der Waals surface area contributed by atoms with Gasteiger partial charge in [0.05, 0.1) is 0 Å². The lowest BCUT2D eigenvalue weighted by Crippen LogP contribution is -2.34. The predicted octanol–water partition coefficient (Wildman–Crippen LogP) is 0.749. The zero-order valence-electron chi connectivity index (χ0n) is 7.53. The average molecular weight is 190 g/mol. The van der Waals surface area contributed by atoms with E-state index in [1.807, 2.05) is 0 Å². The molecule has 1 aromatic carbocycles. The monoisotopic (exact) mass is 190 g/mol. The van der Waals surface area contributed by atoms with Crippen LogP contribution in [0.15, 0.2) is 24.8 Å². The third-order valence-electron chi connectivity index (χ3n) is 2.41. The van der Waals surface area contributed by atoms with Crippen molar-refractivity contribution in [1.82, 2.24) is 0 Å². The second-order valence-electron chi connectivity index (χ2n) is 3.44. The highest BCUT2D eigenvalue weighted by Gasteiger charge is 2.42. The molecule has 0 saturated carbocycles. The number of rotatable bonds is 1. The lowest BCUT2D eigenvalue weighted by molar-refractivity contribution is -0.115. The maximum absolute atomic E-state index is 11.5. The second-order valence-corrected chi connectivity index (χ2v) is 3.44. The van der Waals surface area contributed by atoms with Crippen LogP contribution in [0.2, 0.25) is 0 Å². The standard InChI is InChI=1S/C11H10O3/c1-2-7-3-4-8-6-11(13,14)10(12)9(8)5-7/h2-5,13-14H,1,6H2. The van der Waals surface area contributed by atoms with Crippen molar-refractivity contribution >= 4 is 11.9 Å². The first-order valence-electron chi connectivity index (χ1n) is 4.29. The molecule has 0 aliphatic heterocycles. The third-order valence-corrected chi connectivity index (χ3v) is 2.41. The van der Waals surface area contributed by atoms with Crippen LogP contribution in [-0.4, -0.2) is 21.8 Å². The summed E-state index contributed by atoms with van der Waals surface area (Å²) in [4.78, 5) is 11.5. The minimum Gasteiger partial charge on any atom is -0.359 e. The maximum Gasteiger partial charge on any atom is 0.232 e. The third kappa shape index (κ3) is 1.18. The van der Waals surface area contributed by atoms with Gasteiger partial charge in [-0.1, -0.05) is 24.8 Å². The first-order valence-corrected chi connectivity index (χ1v) is 4.29. The van der Waals surface area contributed by atoms with Gasteiger partial charge < -0.3 is 10.2 Å². The van der Waals surface area contributed by atoms with Gasteiger partial charge >= 0.3 is 0 Å². The van der Waals surface area contributed by atoms with Gasteiger partial charge in [0.1, 0.15) is 0 Å². The van der Waals surface area contributed by atoms with E-state index in [2.05, 4.69) is 6.58 Å². The number of carbonyl (C=O) groups is 1. The van der Waals surface area contributed by atoms with Gasteiger partial charge in [0.2, 0.25) is 11.6 Å². The Labute approximate surface area is 81.3 Å². The molecule has 3 nitrogen and oxygen atoms in total. The van der Waals surface area contributed by atoms with Crippen LogP contribution in [0.3, 0.4) is 0 Å². The van der Waals surface area contributed by atoms with Gasteiger partial charge in [-0.15, -0.1) is 0 Å². The Morgan fingerprint density at radius 1 is 1.43 bits per heavy atom. The van der Waals surface area contributed by atoms with Gasteiger partial charge in [0.15, 0.2) is 0 Å². The maximum atomic E-state index is 11.5. The summed E-state index contributed by atoms with van der Waals surface area (Å²) in [6.07, 6.45) is 1.58. The summed E-state index contributed by atoms with van der Waals surface area (Å²) < 4.78 is 0. The Kier molecular flexibility index (Phi) is 1.80. The Balaban J connectivity index is 2.56. The quantitative estimate of drug-likeness (QED) is 0.642. The number of aliphatic hydroxyl groups is 2. The molecular formula is C11H10O3. The highest BCUT2D eigenvalue weighted by molar-refractivity contribution is 6.05. The van der Waals surface area contributed by atoms with E-state index in [1.165, 1.54) is 0 Å². The van der Waals surface area contributed by atoms with Crippen molar-refractivity contribution in [2.75, 3.05) is 0 Å². The van der Waals surface area contributed by atoms with E-state index in [4.69, 9.17) is 0 Å². The van der Waals surface area contributed by atoms with E-state index < -0.39 is 11.6 Å². The first kappa shape index (κ1) is 9.12. The van der Waals surface area contributed by atoms with Crippen molar-refractivity contribution < 1.29 is 15.0 Å². The Morgan fingerprint density at radius 3 is 2.79 bits per heavy atom. The summed E-state index contributed by atoms with van der Waals surface area (Å²) in [7, 11) is 0. The first-order chi connectivity index (χ1) is 6.54. The number of ketones is 1. The van der Waals surface area contributed by atoms with Crippen LogP contribution in [0, 0.1) is 0 Å². The van der Waals surface area contributed by atoms with E-state index in [0.717, 1.165) is 5.56 Å². The highest BCUT2D eigenvalue weighted by atomic mass is 16.5. The van der Waals surface area contributed by atoms with Gasteiger partial charge in [-0.2, -0.15) is 0 Å².